The molecule has 0 bridgehead atoms. The van der Waals surface area contributed by atoms with Crippen molar-refractivity contribution in [3.05, 3.63) is 11.6 Å². The minimum absolute atomic E-state index is 0.0499. The number of hydrogen-bond acceptors (Lipinski definition) is 6. The SMILES string of the molecule is CCCCCCCN1NNN(C(C)CCCC)C1C(C1=CC(C(C)CCC)C(CC)NC1=O)N1CCCC1. The highest BCUT2D eigenvalue weighted by Gasteiger charge is 2.47. The Kier molecular flexibility index (Phi) is 13.5. The highest BCUT2D eigenvalue weighted by molar-refractivity contribution is 5.96. The molecule has 2 saturated heterocycles. The Morgan fingerprint density at radius 3 is 2.26 bits per heavy atom. The number of carbonyl (C=O) groups excluding carboxylic acids is 1. The van der Waals surface area contributed by atoms with Crippen LogP contribution in [-0.4, -0.2) is 64.8 Å². The average molecular weight is 533 g/mol. The largest absolute Gasteiger partial charge is 0.349 e. The van der Waals surface area contributed by atoms with Gasteiger partial charge in [-0.1, -0.05) is 92.1 Å². The molecule has 7 heteroatoms. The van der Waals surface area contributed by atoms with Gasteiger partial charge in [-0.2, -0.15) is 11.1 Å². The fourth-order valence-electron chi connectivity index (χ4n) is 6.94. The number of hydrazine groups is 3. The molecule has 0 aromatic heterocycles. The first kappa shape index (κ1) is 31.5. The zero-order chi connectivity index (χ0) is 27.5. The fourth-order valence-corrected chi connectivity index (χ4v) is 6.94. The monoisotopic (exact) mass is 532 g/mol. The summed E-state index contributed by atoms with van der Waals surface area (Å²) in [5.41, 5.74) is 8.14. The molecule has 3 aliphatic rings. The van der Waals surface area contributed by atoms with Gasteiger partial charge in [0.1, 0.15) is 6.17 Å². The highest BCUT2D eigenvalue weighted by atomic mass is 16.2. The molecule has 38 heavy (non-hydrogen) atoms. The molecule has 6 unspecified atom stereocenters. The van der Waals surface area contributed by atoms with E-state index in [1.54, 1.807) is 0 Å². The predicted octanol–water partition coefficient (Wildman–Crippen LogP) is 5.76. The van der Waals surface area contributed by atoms with E-state index in [1.165, 1.54) is 70.6 Å². The Morgan fingerprint density at radius 1 is 0.895 bits per heavy atom. The zero-order valence-electron chi connectivity index (χ0n) is 25.6. The van der Waals surface area contributed by atoms with Gasteiger partial charge < -0.3 is 5.32 Å². The van der Waals surface area contributed by atoms with Crippen LogP contribution >= 0.6 is 0 Å². The molecule has 3 rings (SSSR count). The molecule has 2 fully saturated rings. The molecule has 1 amide bonds. The Bertz CT molecular complexity index is 723. The van der Waals surface area contributed by atoms with Gasteiger partial charge in [-0.25, -0.2) is 10.0 Å². The van der Waals surface area contributed by atoms with Crippen LogP contribution in [0.25, 0.3) is 0 Å². The molecule has 3 N–H and O–H groups in total. The van der Waals surface area contributed by atoms with E-state index in [2.05, 4.69) is 78.9 Å². The Balaban J connectivity index is 1.96. The molecule has 220 valence electrons. The Morgan fingerprint density at radius 2 is 1.61 bits per heavy atom. The second-order valence-corrected chi connectivity index (χ2v) is 12.3. The van der Waals surface area contributed by atoms with Gasteiger partial charge in [0.2, 0.25) is 5.91 Å². The predicted molar refractivity (Wildman–Crippen MR) is 159 cm³/mol. The molecule has 0 spiro atoms. The molecule has 7 nitrogen and oxygen atoms in total. The van der Waals surface area contributed by atoms with Crippen molar-refractivity contribution in [3.63, 3.8) is 0 Å². The molecule has 0 saturated carbocycles. The lowest BCUT2D eigenvalue weighted by Gasteiger charge is -2.44. The van der Waals surface area contributed by atoms with Crippen LogP contribution in [-0.2, 0) is 4.79 Å². The zero-order valence-corrected chi connectivity index (χ0v) is 25.6. The number of amides is 1. The van der Waals surface area contributed by atoms with Crippen molar-refractivity contribution in [1.82, 2.24) is 31.3 Å². The Labute approximate surface area is 234 Å². The summed E-state index contributed by atoms with van der Waals surface area (Å²) in [6.07, 6.45) is 18.2. The summed E-state index contributed by atoms with van der Waals surface area (Å²) in [6, 6.07) is 0.669. The van der Waals surface area contributed by atoms with Gasteiger partial charge in [0.25, 0.3) is 0 Å². The van der Waals surface area contributed by atoms with Gasteiger partial charge >= 0.3 is 0 Å². The van der Waals surface area contributed by atoms with Crippen molar-refractivity contribution in [3.8, 4) is 0 Å². The van der Waals surface area contributed by atoms with E-state index in [-0.39, 0.29) is 24.2 Å². The second-order valence-electron chi connectivity index (χ2n) is 12.3. The van der Waals surface area contributed by atoms with Gasteiger partial charge in [0.15, 0.2) is 0 Å². The third kappa shape index (κ3) is 8.03. The number of rotatable bonds is 17. The van der Waals surface area contributed by atoms with Crippen molar-refractivity contribution in [2.24, 2.45) is 11.8 Å². The van der Waals surface area contributed by atoms with Crippen molar-refractivity contribution >= 4 is 5.91 Å². The minimum Gasteiger partial charge on any atom is -0.349 e. The first-order valence-electron chi connectivity index (χ1n) is 16.3. The molecule has 0 aromatic carbocycles. The number of hydrogen-bond donors (Lipinski definition) is 3. The van der Waals surface area contributed by atoms with Gasteiger partial charge in [0, 0.05) is 30.1 Å². The minimum atomic E-state index is 0.0499. The summed E-state index contributed by atoms with van der Waals surface area (Å²) in [4.78, 5) is 16.5. The van der Waals surface area contributed by atoms with Crippen LogP contribution in [0.3, 0.4) is 0 Å². The van der Waals surface area contributed by atoms with Crippen molar-refractivity contribution in [2.45, 2.75) is 149 Å². The summed E-state index contributed by atoms with van der Waals surface area (Å²) in [6.45, 7) is 16.9. The van der Waals surface area contributed by atoms with Crippen LogP contribution in [0, 0.1) is 11.8 Å². The first-order chi connectivity index (χ1) is 18.5. The van der Waals surface area contributed by atoms with Crippen molar-refractivity contribution in [1.29, 1.82) is 0 Å². The van der Waals surface area contributed by atoms with Gasteiger partial charge in [-0.3, -0.25) is 9.69 Å². The Hall–Kier alpha value is -0.990. The van der Waals surface area contributed by atoms with Crippen LogP contribution in [0.15, 0.2) is 11.6 Å². The summed E-state index contributed by atoms with van der Waals surface area (Å²) in [5.74, 6) is 1.12. The lowest BCUT2D eigenvalue weighted by atomic mass is 9.78. The number of likely N-dealkylation sites (tertiary alicyclic amines) is 1. The van der Waals surface area contributed by atoms with E-state index >= 15 is 0 Å². The molecular weight excluding hydrogens is 472 g/mol. The average Bonchev–Trinajstić information content (AvgIpc) is 3.59. The fraction of sp³-hybridized carbons (Fsp3) is 0.903. The molecule has 3 heterocycles. The van der Waals surface area contributed by atoms with Crippen LogP contribution in [0.4, 0.5) is 0 Å². The lowest BCUT2D eigenvalue weighted by molar-refractivity contribution is -0.120. The van der Waals surface area contributed by atoms with E-state index in [9.17, 15) is 4.79 Å². The smallest absolute Gasteiger partial charge is 0.248 e. The van der Waals surface area contributed by atoms with Crippen LogP contribution in [0.2, 0.25) is 0 Å². The van der Waals surface area contributed by atoms with Crippen molar-refractivity contribution in [2.75, 3.05) is 19.6 Å². The van der Waals surface area contributed by atoms with Crippen LogP contribution in [0.1, 0.15) is 125 Å². The van der Waals surface area contributed by atoms with Gasteiger partial charge in [-0.15, -0.1) is 0 Å². The third-order valence-electron chi connectivity index (χ3n) is 9.27. The van der Waals surface area contributed by atoms with Crippen LogP contribution in [0.5, 0.6) is 0 Å². The molecule has 0 aromatic rings. The van der Waals surface area contributed by atoms with Gasteiger partial charge in [0.05, 0.1) is 6.04 Å². The summed E-state index contributed by atoms with van der Waals surface area (Å²) < 4.78 is 0. The maximum atomic E-state index is 13.8. The normalized spacial score (nSPS) is 27.9. The van der Waals surface area contributed by atoms with E-state index in [0.717, 1.165) is 38.0 Å². The quantitative estimate of drug-likeness (QED) is 0.207. The number of nitrogens with zero attached hydrogens (tertiary/aromatic N) is 3. The standard InChI is InChI=1S/C31H60N6O/c1-7-11-13-14-15-22-36-31(37(34-33-36)25(6)19-12-8-2)29(35-20-16-17-21-35)27-23-26(24(5)18-9-3)28(10-4)32-30(27)38/h23-26,28-29,31,33-34H,7-22H2,1-6H3,(H,32,38). The summed E-state index contributed by atoms with van der Waals surface area (Å²) in [5, 5.41) is 8.34. The molecular formula is C31H60N6O. The van der Waals surface area contributed by atoms with E-state index in [0.29, 0.717) is 17.9 Å². The molecule has 6 atom stereocenters. The summed E-state index contributed by atoms with van der Waals surface area (Å²) in [7, 11) is 0. The molecule has 0 radical (unpaired) electrons. The van der Waals surface area contributed by atoms with Crippen molar-refractivity contribution < 1.29 is 4.79 Å². The second kappa shape index (κ2) is 16.3. The topological polar surface area (TPSA) is 62.9 Å². The number of unbranched alkanes of at least 4 members (excludes halogenated alkanes) is 5. The van der Waals surface area contributed by atoms with E-state index < -0.39 is 0 Å². The lowest BCUT2D eigenvalue weighted by Crippen LogP contribution is -2.61. The first-order valence-corrected chi connectivity index (χ1v) is 16.3. The molecule has 0 aliphatic carbocycles. The summed E-state index contributed by atoms with van der Waals surface area (Å²) >= 11 is 0. The third-order valence-corrected chi connectivity index (χ3v) is 9.27. The van der Waals surface area contributed by atoms with Gasteiger partial charge in [-0.05, 0) is 58.0 Å². The maximum absolute atomic E-state index is 13.8. The maximum Gasteiger partial charge on any atom is 0.248 e. The number of nitrogens with one attached hydrogen (secondary N) is 3. The van der Waals surface area contributed by atoms with Crippen LogP contribution < -0.4 is 16.4 Å². The molecule has 3 aliphatic heterocycles. The van der Waals surface area contributed by atoms with E-state index in [1.807, 2.05) is 0 Å². The van der Waals surface area contributed by atoms with E-state index in [4.69, 9.17) is 0 Å². The number of carbonyl (C=O) groups is 1. The highest BCUT2D eigenvalue weighted by Crippen LogP contribution is 2.34.